The molecule has 0 bridgehead atoms. The van der Waals surface area contributed by atoms with Gasteiger partial charge in [-0.25, -0.2) is 9.37 Å². The number of hydrogen-bond donors (Lipinski definition) is 3. The van der Waals surface area contributed by atoms with Crippen molar-refractivity contribution in [3.63, 3.8) is 0 Å². The third kappa shape index (κ3) is 4.88. The van der Waals surface area contributed by atoms with Crippen molar-refractivity contribution in [1.82, 2.24) is 15.6 Å². The number of amides is 2. The number of rotatable bonds is 6. The number of methoxy groups -OCH3 is 1. The molecule has 0 aliphatic heterocycles. The number of nitrogens with zero attached hydrogens (tertiary/aromatic N) is 1. The number of aromatic nitrogens is 1. The van der Waals surface area contributed by atoms with Crippen LogP contribution in [0.5, 0.6) is 0 Å². The minimum Gasteiger partial charge on any atom is -0.383 e. The topological polar surface area (TPSA) is 106 Å². The molecule has 0 fully saturated rings. The summed E-state index contributed by atoms with van der Waals surface area (Å²) in [5.41, 5.74) is 5.33. The van der Waals surface area contributed by atoms with E-state index in [1.807, 2.05) is 0 Å². The van der Waals surface area contributed by atoms with Gasteiger partial charge in [-0.15, -0.1) is 0 Å². The lowest BCUT2D eigenvalue weighted by Crippen LogP contribution is -2.38. The zero-order valence-corrected chi connectivity index (χ0v) is 10.4. The molecule has 0 atom stereocenters. The molecule has 0 aromatic carbocycles. The van der Waals surface area contributed by atoms with E-state index in [-0.39, 0.29) is 23.8 Å². The molecular weight excluding hydrogens is 255 g/mol. The normalized spacial score (nSPS) is 10.0. The van der Waals surface area contributed by atoms with E-state index in [9.17, 15) is 14.0 Å². The Bertz CT molecular complexity index is 467. The maximum atomic E-state index is 12.9. The Hall–Kier alpha value is -2.22. The van der Waals surface area contributed by atoms with Gasteiger partial charge in [0.05, 0.1) is 24.9 Å². The van der Waals surface area contributed by atoms with Crippen molar-refractivity contribution in [1.29, 1.82) is 0 Å². The highest BCUT2D eigenvalue weighted by Crippen LogP contribution is 2.09. The number of hydrogen-bond acceptors (Lipinski definition) is 5. The van der Waals surface area contributed by atoms with Gasteiger partial charge in [-0.3, -0.25) is 9.59 Å². The first kappa shape index (κ1) is 14.8. The molecule has 0 spiro atoms. The molecule has 0 saturated carbocycles. The van der Waals surface area contributed by atoms with Crippen LogP contribution in [-0.2, 0) is 9.53 Å². The highest BCUT2D eigenvalue weighted by molar-refractivity contribution is 5.99. The Balaban J connectivity index is 2.47. The average Bonchev–Trinajstić information content (AvgIpc) is 2.39. The average molecular weight is 270 g/mol. The van der Waals surface area contributed by atoms with Gasteiger partial charge in [0.1, 0.15) is 11.6 Å². The second kappa shape index (κ2) is 7.27. The number of nitrogens with two attached hydrogens (primary N) is 1. The van der Waals surface area contributed by atoms with Gasteiger partial charge in [-0.2, -0.15) is 0 Å². The number of nitrogen functional groups attached to an aromatic ring is 1. The second-order valence-corrected chi connectivity index (χ2v) is 3.61. The maximum absolute atomic E-state index is 12.9. The van der Waals surface area contributed by atoms with Crippen LogP contribution in [0.3, 0.4) is 0 Å². The van der Waals surface area contributed by atoms with E-state index in [0.717, 1.165) is 12.3 Å². The van der Waals surface area contributed by atoms with Crippen LogP contribution in [0.4, 0.5) is 10.2 Å². The van der Waals surface area contributed by atoms with Crippen molar-refractivity contribution in [3.8, 4) is 0 Å². The minimum absolute atomic E-state index is 0.0984. The van der Waals surface area contributed by atoms with Crippen LogP contribution in [0.15, 0.2) is 12.3 Å². The van der Waals surface area contributed by atoms with E-state index in [1.165, 1.54) is 7.11 Å². The van der Waals surface area contributed by atoms with Gasteiger partial charge in [-0.05, 0) is 6.07 Å². The Morgan fingerprint density at radius 1 is 1.47 bits per heavy atom. The fourth-order valence-electron chi connectivity index (χ4n) is 1.24. The zero-order valence-electron chi connectivity index (χ0n) is 10.4. The number of carbonyl (C=O) groups excluding carboxylic acids is 2. The molecule has 7 nitrogen and oxygen atoms in total. The van der Waals surface area contributed by atoms with Crippen molar-refractivity contribution >= 4 is 17.6 Å². The summed E-state index contributed by atoms with van der Waals surface area (Å²) in [6.45, 7) is 0.480. The first-order valence-electron chi connectivity index (χ1n) is 5.49. The third-order valence-electron chi connectivity index (χ3n) is 2.17. The summed E-state index contributed by atoms with van der Waals surface area (Å²) < 4.78 is 17.7. The molecule has 1 aromatic rings. The van der Waals surface area contributed by atoms with E-state index in [0.29, 0.717) is 13.2 Å². The summed E-state index contributed by atoms with van der Waals surface area (Å²) in [5, 5.41) is 4.83. The first-order chi connectivity index (χ1) is 9.04. The quantitative estimate of drug-likeness (QED) is 0.592. The van der Waals surface area contributed by atoms with Crippen LogP contribution in [0, 0.1) is 5.82 Å². The van der Waals surface area contributed by atoms with E-state index in [2.05, 4.69) is 15.6 Å². The number of anilines is 1. The molecule has 4 N–H and O–H groups in total. The van der Waals surface area contributed by atoms with Gasteiger partial charge in [-0.1, -0.05) is 0 Å². The molecule has 0 aliphatic rings. The van der Waals surface area contributed by atoms with E-state index in [4.69, 9.17) is 10.5 Å². The third-order valence-corrected chi connectivity index (χ3v) is 2.17. The molecule has 19 heavy (non-hydrogen) atoms. The molecule has 1 heterocycles. The monoisotopic (exact) mass is 270 g/mol. The largest absolute Gasteiger partial charge is 0.383 e. The fourth-order valence-corrected chi connectivity index (χ4v) is 1.24. The van der Waals surface area contributed by atoms with Crippen molar-refractivity contribution in [2.24, 2.45) is 0 Å². The van der Waals surface area contributed by atoms with Crippen LogP contribution < -0.4 is 16.4 Å². The number of carbonyl (C=O) groups is 2. The summed E-state index contributed by atoms with van der Waals surface area (Å²) in [5.74, 6) is -1.82. The molecule has 8 heteroatoms. The van der Waals surface area contributed by atoms with Gasteiger partial charge in [0.25, 0.3) is 5.91 Å². The molecule has 0 aliphatic carbocycles. The zero-order chi connectivity index (χ0) is 14.3. The molecule has 104 valence electrons. The SMILES string of the molecule is COCCNC(=O)CNC(=O)c1cc(F)cnc1N. The standard InChI is InChI=1S/C11H15FN4O3/c1-19-3-2-14-9(17)6-16-11(18)8-4-7(12)5-15-10(8)13/h4-5H,2-3,6H2,1H3,(H2,13,15)(H,14,17)(H,16,18). The number of ether oxygens (including phenoxy) is 1. The van der Waals surface area contributed by atoms with Crippen molar-refractivity contribution < 1.29 is 18.7 Å². The minimum atomic E-state index is -0.677. The van der Waals surface area contributed by atoms with Gasteiger partial charge < -0.3 is 21.1 Å². The summed E-state index contributed by atoms with van der Waals surface area (Å²) in [4.78, 5) is 26.5. The molecule has 1 rings (SSSR count). The van der Waals surface area contributed by atoms with Crippen LogP contribution in [0.25, 0.3) is 0 Å². The van der Waals surface area contributed by atoms with E-state index < -0.39 is 11.7 Å². The van der Waals surface area contributed by atoms with Gasteiger partial charge in [0.2, 0.25) is 5.91 Å². The molecule has 0 saturated heterocycles. The van der Waals surface area contributed by atoms with Crippen molar-refractivity contribution in [3.05, 3.63) is 23.6 Å². The predicted molar refractivity (Wildman–Crippen MR) is 65.8 cm³/mol. The molecule has 2 amide bonds. The van der Waals surface area contributed by atoms with Crippen molar-refractivity contribution in [2.75, 3.05) is 32.5 Å². The number of halogens is 1. The van der Waals surface area contributed by atoms with Crippen LogP contribution >= 0.6 is 0 Å². The highest BCUT2D eigenvalue weighted by atomic mass is 19.1. The summed E-state index contributed by atoms with van der Waals surface area (Å²) in [6, 6.07) is 0.959. The molecule has 0 radical (unpaired) electrons. The van der Waals surface area contributed by atoms with Crippen LogP contribution in [-0.4, -0.2) is 43.6 Å². The van der Waals surface area contributed by atoms with Gasteiger partial charge >= 0.3 is 0 Å². The van der Waals surface area contributed by atoms with Gasteiger partial charge in [0, 0.05) is 13.7 Å². The van der Waals surface area contributed by atoms with E-state index in [1.54, 1.807) is 0 Å². The Kier molecular flexibility index (Phi) is 5.68. The highest BCUT2D eigenvalue weighted by Gasteiger charge is 2.13. The summed E-state index contributed by atoms with van der Waals surface area (Å²) >= 11 is 0. The fraction of sp³-hybridized carbons (Fsp3) is 0.364. The van der Waals surface area contributed by atoms with Crippen LogP contribution in [0.1, 0.15) is 10.4 Å². The molecule has 1 aromatic heterocycles. The lowest BCUT2D eigenvalue weighted by atomic mass is 10.2. The lowest BCUT2D eigenvalue weighted by molar-refractivity contribution is -0.120. The van der Waals surface area contributed by atoms with E-state index >= 15 is 0 Å². The Labute approximate surface area is 109 Å². The summed E-state index contributed by atoms with van der Waals surface area (Å²) in [6.07, 6.45) is 0.906. The Morgan fingerprint density at radius 3 is 2.89 bits per heavy atom. The van der Waals surface area contributed by atoms with Gasteiger partial charge in [0.15, 0.2) is 0 Å². The Morgan fingerprint density at radius 2 is 2.21 bits per heavy atom. The lowest BCUT2D eigenvalue weighted by Gasteiger charge is -2.07. The maximum Gasteiger partial charge on any atom is 0.255 e. The van der Waals surface area contributed by atoms with Crippen molar-refractivity contribution in [2.45, 2.75) is 0 Å². The summed E-state index contributed by atoms with van der Waals surface area (Å²) in [7, 11) is 1.51. The number of nitrogens with one attached hydrogen (secondary N) is 2. The van der Waals surface area contributed by atoms with Crippen LogP contribution in [0.2, 0.25) is 0 Å². The first-order valence-corrected chi connectivity index (χ1v) is 5.49. The number of pyridine rings is 1. The smallest absolute Gasteiger partial charge is 0.255 e. The second-order valence-electron chi connectivity index (χ2n) is 3.61. The predicted octanol–water partition coefficient (Wildman–Crippen LogP) is -0.705. The molecular formula is C11H15FN4O3. The molecule has 0 unspecified atom stereocenters.